The van der Waals surface area contributed by atoms with Gasteiger partial charge in [-0.05, 0) is 51.5 Å². The molecule has 1 saturated heterocycles. The van der Waals surface area contributed by atoms with Crippen molar-refractivity contribution in [1.29, 1.82) is 0 Å². The van der Waals surface area contributed by atoms with E-state index in [4.69, 9.17) is 4.74 Å². The number of rotatable bonds is 4. The molecule has 11 nitrogen and oxygen atoms in total. The van der Waals surface area contributed by atoms with Gasteiger partial charge in [0.15, 0.2) is 0 Å². The largest absolute Gasteiger partial charge is 0.442 e. The maximum atomic E-state index is 12.8. The zero-order chi connectivity index (χ0) is 27.9. The summed E-state index contributed by atoms with van der Waals surface area (Å²) in [5, 5.41) is 7.82. The molecular weight excluding hydrogens is 498 g/mol. The minimum Gasteiger partial charge on any atom is -0.442 e. The molecule has 1 aliphatic heterocycles. The van der Waals surface area contributed by atoms with Gasteiger partial charge in [0.05, 0.1) is 34.0 Å². The highest BCUT2D eigenvalue weighted by Gasteiger charge is 2.23. The second kappa shape index (κ2) is 10.1. The number of anilines is 1. The number of H-pyrrole nitrogens is 1. The number of piperazine rings is 1. The Hall–Kier alpha value is -4.25. The molecule has 0 unspecified atom stereocenters. The van der Waals surface area contributed by atoms with Crippen LogP contribution in [-0.2, 0) is 11.3 Å². The average molecular weight is 532 g/mol. The highest BCUT2D eigenvalue weighted by atomic mass is 16.6. The Labute approximate surface area is 225 Å². The van der Waals surface area contributed by atoms with E-state index >= 15 is 0 Å². The van der Waals surface area contributed by atoms with Crippen LogP contribution in [0.2, 0.25) is 0 Å². The molecule has 0 radical (unpaired) electrons. The van der Waals surface area contributed by atoms with Gasteiger partial charge < -0.3 is 19.9 Å². The molecule has 4 heterocycles. The number of aromatic amines is 1. The number of fused-ring (bicyclic) bond motifs is 3. The monoisotopic (exact) mass is 531 g/mol. The van der Waals surface area contributed by atoms with Crippen LogP contribution in [0.15, 0.2) is 41.3 Å². The first kappa shape index (κ1) is 26.4. The van der Waals surface area contributed by atoms with E-state index in [1.807, 2.05) is 31.2 Å². The number of hydrogen-bond acceptors (Lipinski definition) is 8. The van der Waals surface area contributed by atoms with Crippen LogP contribution in [0.1, 0.15) is 42.5 Å². The second-order valence-electron chi connectivity index (χ2n) is 10.8. The first-order chi connectivity index (χ1) is 18.5. The molecule has 4 aromatic rings. The van der Waals surface area contributed by atoms with E-state index in [1.165, 1.54) is 6.20 Å². The van der Waals surface area contributed by atoms with Crippen molar-refractivity contribution in [2.45, 2.75) is 39.8 Å². The van der Waals surface area contributed by atoms with Crippen molar-refractivity contribution >= 4 is 39.5 Å². The molecular formula is C28H33N7O4. The molecule has 2 N–H and O–H groups in total. The minimum atomic E-state index is -0.687. The third kappa shape index (κ3) is 5.35. The molecule has 0 atom stereocenters. The first-order valence-corrected chi connectivity index (χ1v) is 13.0. The van der Waals surface area contributed by atoms with E-state index in [-0.39, 0.29) is 11.5 Å². The van der Waals surface area contributed by atoms with Crippen LogP contribution in [0.3, 0.4) is 0 Å². The van der Waals surface area contributed by atoms with Gasteiger partial charge in [-0.1, -0.05) is 12.1 Å². The zero-order valence-electron chi connectivity index (χ0n) is 22.9. The lowest BCUT2D eigenvalue weighted by Gasteiger charge is -2.36. The molecule has 39 heavy (non-hydrogen) atoms. The molecule has 3 aromatic heterocycles. The Morgan fingerprint density at radius 1 is 1.08 bits per heavy atom. The van der Waals surface area contributed by atoms with Gasteiger partial charge in [-0.2, -0.15) is 9.78 Å². The number of aryl methyl sites for hydroxylation is 1. The van der Waals surface area contributed by atoms with Gasteiger partial charge in [0.2, 0.25) is 0 Å². The smallest absolute Gasteiger partial charge is 0.435 e. The maximum absolute atomic E-state index is 12.8. The third-order valence-corrected chi connectivity index (χ3v) is 6.80. The first-order valence-electron chi connectivity index (χ1n) is 13.0. The van der Waals surface area contributed by atoms with Crippen LogP contribution >= 0.6 is 0 Å². The lowest BCUT2D eigenvalue weighted by atomic mass is 10.1. The lowest BCUT2D eigenvalue weighted by molar-refractivity contribution is 0.0523. The van der Waals surface area contributed by atoms with E-state index in [9.17, 15) is 14.4 Å². The number of aromatic nitrogens is 4. The molecule has 1 amide bonds. The predicted octanol–water partition coefficient (Wildman–Crippen LogP) is 3.05. The summed E-state index contributed by atoms with van der Waals surface area (Å²) in [6.07, 6.45) is 0.772. The van der Waals surface area contributed by atoms with E-state index in [0.717, 1.165) is 59.7 Å². The van der Waals surface area contributed by atoms with Gasteiger partial charge in [-0.15, -0.1) is 0 Å². The highest BCUT2D eigenvalue weighted by molar-refractivity contribution is 6.06. The normalized spacial score (nSPS) is 14.6. The van der Waals surface area contributed by atoms with Crippen molar-refractivity contribution in [2.75, 3.05) is 38.1 Å². The molecule has 204 valence electrons. The van der Waals surface area contributed by atoms with E-state index in [0.29, 0.717) is 22.1 Å². The quantitative estimate of drug-likeness (QED) is 0.412. The predicted molar refractivity (Wildman–Crippen MR) is 149 cm³/mol. The Bertz CT molecular complexity index is 1620. The van der Waals surface area contributed by atoms with Gasteiger partial charge in [0, 0.05) is 45.2 Å². The Morgan fingerprint density at radius 2 is 1.82 bits per heavy atom. The fourth-order valence-electron chi connectivity index (χ4n) is 4.95. The zero-order valence-corrected chi connectivity index (χ0v) is 22.9. The molecule has 1 aliphatic rings. The number of pyridine rings is 2. The molecule has 0 aliphatic carbocycles. The molecule has 0 spiro atoms. The summed E-state index contributed by atoms with van der Waals surface area (Å²) in [6, 6.07) is 9.62. The number of benzene rings is 1. The summed E-state index contributed by atoms with van der Waals surface area (Å²) < 4.78 is 6.65. The Morgan fingerprint density at radius 3 is 2.49 bits per heavy atom. The van der Waals surface area contributed by atoms with Crippen LogP contribution in [0.25, 0.3) is 21.8 Å². The van der Waals surface area contributed by atoms with Gasteiger partial charge in [-0.3, -0.25) is 14.5 Å². The summed E-state index contributed by atoms with van der Waals surface area (Å²) in [5.41, 5.74) is 3.44. The van der Waals surface area contributed by atoms with Crippen LogP contribution in [0, 0.1) is 6.92 Å². The van der Waals surface area contributed by atoms with Crippen LogP contribution < -0.4 is 15.8 Å². The van der Waals surface area contributed by atoms with Gasteiger partial charge in [0.1, 0.15) is 11.3 Å². The molecule has 5 rings (SSSR count). The molecule has 1 aromatic carbocycles. The fourth-order valence-corrected chi connectivity index (χ4v) is 4.95. The molecule has 0 saturated carbocycles. The third-order valence-electron chi connectivity index (χ3n) is 6.80. The maximum Gasteiger partial charge on any atom is 0.435 e. The van der Waals surface area contributed by atoms with Crippen LogP contribution in [0.5, 0.6) is 0 Å². The fraction of sp³-hybridized carbons (Fsp3) is 0.393. The van der Waals surface area contributed by atoms with Crippen molar-refractivity contribution < 1.29 is 14.3 Å². The van der Waals surface area contributed by atoms with Crippen LogP contribution in [0.4, 0.5) is 10.5 Å². The highest BCUT2D eigenvalue weighted by Crippen LogP contribution is 2.25. The number of carbonyl (C=O) groups excluding carboxylic acids is 2. The topological polar surface area (TPSA) is 125 Å². The van der Waals surface area contributed by atoms with Gasteiger partial charge in [0.25, 0.3) is 11.5 Å². The van der Waals surface area contributed by atoms with Crippen molar-refractivity contribution in [1.82, 2.24) is 30.0 Å². The number of nitrogens with zero attached hydrogens (tertiary/aromatic N) is 5. The summed E-state index contributed by atoms with van der Waals surface area (Å²) in [7, 11) is 1.60. The number of carbonyl (C=O) groups is 2. The van der Waals surface area contributed by atoms with Crippen molar-refractivity contribution in [3.8, 4) is 0 Å². The summed E-state index contributed by atoms with van der Waals surface area (Å²) >= 11 is 0. The van der Waals surface area contributed by atoms with E-state index < -0.39 is 11.7 Å². The Kier molecular flexibility index (Phi) is 6.85. The van der Waals surface area contributed by atoms with E-state index in [1.54, 1.807) is 33.9 Å². The average Bonchev–Trinajstić information content (AvgIpc) is 3.34. The summed E-state index contributed by atoms with van der Waals surface area (Å²) in [4.78, 5) is 49.5. The summed E-state index contributed by atoms with van der Waals surface area (Å²) in [5.74, 6) is -0.193. The number of nitrogens with one attached hydrogen (secondary N) is 2. The number of hydrogen-bond donors (Lipinski definition) is 2. The molecule has 1 fully saturated rings. The standard InChI is InChI=1S/C28H33N7O4/c1-17-23(9-8-21(31-17)26(37)29-5)34-12-10-33(11-13-34)16-18-6-7-19-22(14-18)32-25(36)20-15-30-35(24(19)20)27(38)39-28(2,3)4/h6-9,14-15H,10-13,16H2,1-5H3,(H,29,37)(H,32,36). The van der Waals surface area contributed by atoms with Crippen molar-refractivity contribution in [3.05, 3.63) is 63.8 Å². The van der Waals surface area contributed by atoms with Crippen LogP contribution in [-0.4, -0.2) is 75.5 Å². The lowest BCUT2D eigenvalue weighted by Crippen LogP contribution is -2.46. The Balaban J connectivity index is 1.32. The van der Waals surface area contributed by atoms with Gasteiger partial charge >= 0.3 is 6.09 Å². The van der Waals surface area contributed by atoms with Gasteiger partial charge in [-0.25, -0.2) is 9.78 Å². The summed E-state index contributed by atoms with van der Waals surface area (Å²) in [6.45, 7) is 11.4. The molecule has 11 heteroatoms. The SMILES string of the molecule is CNC(=O)c1ccc(N2CCN(Cc3ccc4c(c3)[nH]c(=O)c3cnn(C(=O)OC(C)(C)C)c34)CC2)c(C)n1. The minimum absolute atomic E-state index is 0.193. The number of ether oxygens (including phenoxy) is 1. The van der Waals surface area contributed by atoms with Crippen molar-refractivity contribution in [3.63, 3.8) is 0 Å². The second-order valence-corrected chi connectivity index (χ2v) is 10.8. The number of amides is 1. The van der Waals surface area contributed by atoms with E-state index in [2.05, 4.69) is 30.2 Å². The van der Waals surface area contributed by atoms with Crippen molar-refractivity contribution in [2.24, 2.45) is 0 Å². The molecule has 0 bridgehead atoms.